The van der Waals surface area contributed by atoms with Crippen LogP contribution in [0.25, 0.3) is 0 Å². The number of primary amides is 1. The van der Waals surface area contributed by atoms with Gasteiger partial charge in [-0.15, -0.1) is 0 Å². The number of carbonyl (C=O) groups excluding carboxylic acids is 2. The summed E-state index contributed by atoms with van der Waals surface area (Å²) in [6, 6.07) is 15.5. The second-order valence-electron chi connectivity index (χ2n) is 6.52. The van der Waals surface area contributed by atoms with Crippen LogP contribution >= 0.6 is 0 Å². The minimum Gasteiger partial charge on any atom is -0.468 e. The Morgan fingerprint density at radius 1 is 0.967 bits per heavy atom. The van der Waals surface area contributed by atoms with Gasteiger partial charge >= 0.3 is 0 Å². The number of furan rings is 1. The molecule has 0 atom stereocenters. The lowest BCUT2D eigenvalue weighted by Crippen LogP contribution is -2.30. The molecule has 2 amide bonds. The highest BCUT2D eigenvalue weighted by atomic mass is 32.2. The van der Waals surface area contributed by atoms with Gasteiger partial charge in [-0.25, -0.2) is 8.42 Å². The zero-order valence-electron chi connectivity index (χ0n) is 16.2. The predicted molar refractivity (Wildman–Crippen MR) is 110 cm³/mol. The van der Waals surface area contributed by atoms with Crippen LogP contribution in [-0.4, -0.2) is 31.6 Å². The van der Waals surface area contributed by atoms with Crippen molar-refractivity contribution in [2.24, 2.45) is 5.73 Å². The molecule has 0 aliphatic carbocycles. The number of nitrogens with two attached hydrogens (primary N) is 1. The Bertz CT molecular complexity index is 1120. The molecule has 1 heterocycles. The van der Waals surface area contributed by atoms with Gasteiger partial charge in [-0.3, -0.25) is 9.59 Å². The molecule has 0 saturated carbocycles. The number of hydrogen-bond donors (Lipinski definition) is 2. The molecule has 8 nitrogen and oxygen atoms in total. The van der Waals surface area contributed by atoms with Crippen molar-refractivity contribution in [3.05, 3.63) is 89.4 Å². The molecule has 0 bridgehead atoms. The van der Waals surface area contributed by atoms with Gasteiger partial charge in [0.1, 0.15) is 5.76 Å². The van der Waals surface area contributed by atoms with Crippen LogP contribution in [-0.2, 0) is 23.1 Å². The molecule has 3 N–H and O–H groups in total. The third-order valence-electron chi connectivity index (χ3n) is 4.49. The largest absolute Gasteiger partial charge is 0.468 e. The maximum Gasteiger partial charge on any atom is 0.251 e. The zero-order chi connectivity index (χ0) is 21.7. The van der Waals surface area contributed by atoms with E-state index in [1.807, 2.05) is 0 Å². The van der Waals surface area contributed by atoms with Gasteiger partial charge in [-0.05, 0) is 54.1 Å². The molecule has 0 fully saturated rings. The highest BCUT2D eigenvalue weighted by molar-refractivity contribution is 7.89. The summed E-state index contributed by atoms with van der Waals surface area (Å²) < 4.78 is 33.1. The molecule has 0 spiro atoms. The van der Waals surface area contributed by atoms with Crippen molar-refractivity contribution in [2.45, 2.75) is 18.0 Å². The van der Waals surface area contributed by atoms with Gasteiger partial charge in [0.05, 0.1) is 17.7 Å². The van der Waals surface area contributed by atoms with E-state index in [4.69, 9.17) is 10.2 Å². The minimum absolute atomic E-state index is 0.0180. The molecule has 3 rings (SSSR count). The molecule has 0 saturated heterocycles. The number of nitrogens with zero attached hydrogens (tertiary/aromatic N) is 1. The lowest BCUT2D eigenvalue weighted by Gasteiger charge is -2.21. The van der Waals surface area contributed by atoms with E-state index in [-0.39, 0.29) is 29.5 Å². The summed E-state index contributed by atoms with van der Waals surface area (Å²) in [5.74, 6) is -0.381. The number of carbonyl (C=O) groups is 2. The van der Waals surface area contributed by atoms with Crippen molar-refractivity contribution in [1.29, 1.82) is 0 Å². The monoisotopic (exact) mass is 427 g/mol. The first-order valence-corrected chi connectivity index (χ1v) is 10.5. The first-order valence-electron chi connectivity index (χ1n) is 9.04. The van der Waals surface area contributed by atoms with E-state index in [0.717, 1.165) is 0 Å². The number of hydrogen-bond acceptors (Lipinski definition) is 5. The molecular formula is C21H21N3O5S. The number of amides is 2. The summed E-state index contributed by atoms with van der Waals surface area (Å²) >= 11 is 0. The molecule has 2 aromatic carbocycles. The summed E-state index contributed by atoms with van der Waals surface area (Å²) in [5, 5.41) is 2.54. The van der Waals surface area contributed by atoms with Crippen LogP contribution in [0.4, 0.5) is 0 Å². The second kappa shape index (κ2) is 8.93. The summed E-state index contributed by atoms with van der Waals surface area (Å²) in [6.45, 7) is 0.0821. The first kappa shape index (κ1) is 21.3. The normalized spacial score (nSPS) is 11.4. The maximum atomic E-state index is 13.3. The first-order chi connectivity index (χ1) is 14.3. The van der Waals surface area contributed by atoms with Crippen LogP contribution in [0.15, 0.2) is 76.2 Å². The number of sulfonamides is 1. The molecule has 30 heavy (non-hydrogen) atoms. The molecule has 0 aliphatic rings. The number of benzene rings is 2. The maximum absolute atomic E-state index is 13.3. The topological polar surface area (TPSA) is 123 Å². The van der Waals surface area contributed by atoms with Crippen LogP contribution in [0.1, 0.15) is 32.0 Å². The molecule has 0 radical (unpaired) electrons. The van der Waals surface area contributed by atoms with Crippen molar-refractivity contribution < 1.29 is 22.4 Å². The standard InChI is InChI=1S/C21H21N3O5S/c1-23-21(26)17-6-4-15(5-7-17)13-24(14-18-3-2-12-29-18)30(27,28)19-10-8-16(9-11-19)20(22)25/h2-12H,13-14H2,1H3,(H2,22,25)(H,23,26). The Morgan fingerprint density at radius 3 is 2.13 bits per heavy atom. The van der Waals surface area contributed by atoms with Gasteiger partial charge < -0.3 is 15.5 Å². The number of rotatable bonds is 8. The van der Waals surface area contributed by atoms with Crippen molar-refractivity contribution in [1.82, 2.24) is 9.62 Å². The van der Waals surface area contributed by atoms with Crippen molar-refractivity contribution in [3.63, 3.8) is 0 Å². The van der Waals surface area contributed by atoms with Gasteiger partial charge in [-0.1, -0.05) is 12.1 Å². The molecule has 0 unspecified atom stereocenters. The average Bonchev–Trinajstić information content (AvgIpc) is 3.26. The summed E-state index contributed by atoms with van der Waals surface area (Å²) in [7, 11) is -2.37. The lowest BCUT2D eigenvalue weighted by molar-refractivity contribution is 0.0961. The van der Waals surface area contributed by atoms with Crippen LogP contribution in [0.5, 0.6) is 0 Å². The summed E-state index contributed by atoms with van der Waals surface area (Å²) in [5.41, 5.74) is 6.62. The van der Waals surface area contributed by atoms with E-state index in [2.05, 4.69) is 5.32 Å². The molecule has 3 aromatic rings. The van der Waals surface area contributed by atoms with Crippen LogP contribution in [0, 0.1) is 0 Å². The van der Waals surface area contributed by atoms with Gasteiger partial charge in [0.2, 0.25) is 15.9 Å². The van der Waals surface area contributed by atoms with E-state index in [0.29, 0.717) is 16.9 Å². The Labute approximate surface area is 174 Å². The molecule has 1 aromatic heterocycles. The van der Waals surface area contributed by atoms with E-state index in [1.165, 1.54) is 41.9 Å². The smallest absolute Gasteiger partial charge is 0.251 e. The molecule has 156 valence electrons. The Morgan fingerprint density at radius 2 is 1.60 bits per heavy atom. The van der Waals surface area contributed by atoms with Gasteiger partial charge in [-0.2, -0.15) is 4.31 Å². The third-order valence-corrected chi connectivity index (χ3v) is 6.30. The fraction of sp³-hybridized carbons (Fsp3) is 0.143. The fourth-order valence-electron chi connectivity index (χ4n) is 2.85. The van der Waals surface area contributed by atoms with Crippen LogP contribution in [0.3, 0.4) is 0 Å². The van der Waals surface area contributed by atoms with Crippen LogP contribution in [0.2, 0.25) is 0 Å². The molecular weight excluding hydrogens is 406 g/mol. The Hall–Kier alpha value is -3.43. The molecule has 9 heteroatoms. The van der Waals surface area contributed by atoms with E-state index < -0.39 is 15.9 Å². The molecule has 0 aliphatic heterocycles. The van der Waals surface area contributed by atoms with Gasteiger partial charge in [0.25, 0.3) is 5.91 Å². The Balaban J connectivity index is 1.91. The van der Waals surface area contributed by atoms with Gasteiger partial charge in [0.15, 0.2) is 0 Å². The minimum atomic E-state index is -3.91. The summed E-state index contributed by atoms with van der Waals surface area (Å²) in [6.07, 6.45) is 1.47. The zero-order valence-corrected chi connectivity index (χ0v) is 17.1. The number of nitrogens with one attached hydrogen (secondary N) is 1. The highest BCUT2D eigenvalue weighted by Crippen LogP contribution is 2.22. The van der Waals surface area contributed by atoms with Crippen LogP contribution < -0.4 is 11.1 Å². The lowest BCUT2D eigenvalue weighted by atomic mass is 10.1. The van der Waals surface area contributed by atoms with Gasteiger partial charge in [0, 0.05) is 24.7 Å². The highest BCUT2D eigenvalue weighted by Gasteiger charge is 2.26. The van der Waals surface area contributed by atoms with E-state index in [1.54, 1.807) is 36.4 Å². The van der Waals surface area contributed by atoms with E-state index in [9.17, 15) is 18.0 Å². The third kappa shape index (κ3) is 4.76. The quantitative estimate of drug-likeness (QED) is 0.570. The van der Waals surface area contributed by atoms with Crippen molar-refractivity contribution in [3.8, 4) is 0 Å². The van der Waals surface area contributed by atoms with Crippen molar-refractivity contribution in [2.75, 3.05) is 7.05 Å². The fourth-order valence-corrected chi connectivity index (χ4v) is 4.25. The average molecular weight is 427 g/mol. The SMILES string of the molecule is CNC(=O)c1ccc(CN(Cc2ccco2)S(=O)(=O)c2ccc(C(N)=O)cc2)cc1. The predicted octanol–water partition coefficient (Wildman–Crippen LogP) is 2.13. The summed E-state index contributed by atoms with van der Waals surface area (Å²) in [4.78, 5) is 23.0. The van der Waals surface area contributed by atoms with Crippen molar-refractivity contribution >= 4 is 21.8 Å². The second-order valence-corrected chi connectivity index (χ2v) is 8.46. The van der Waals surface area contributed by atoms with E-state index >= 15 is 0 Å². The Kier molecular flexibility index (Phi) is 6.34.